The molecule has 0 aromatic heterocycles. The molecule has 8 unspecified atom stereocenters. The Bertz CT molecular complexity index is 1920. The van der Waals surface area contributed by atoms with E-state index < -0.39 is 55.7 Å². The van der Waals surface area contributed by atoms with E-state index in [4.69, 9.17) is 52.1 Å². The highest BCUT2D eigenvalue weighted by molar-refractivity contribution is 5.15. The molecule has 4 heterocycles. The molecule has 4 saturated heterocycles. The van der Waals surface area contributed by atoms with E-state index in [1.807, 2.05) is 73.7 Å². The van der Waals surface area contributed by atoms with Crippen molar-refractivity contribution < 1.29 is 57.2 Å². The fourth-order valence-electron chi connectivity index (χ4n) is 10.4. The molecular formula is C57H82O12. The topological polar surface area (TPSA) is 122 Å². The van der Waals surface area contributed by atoms with Crippen LogP contribution >= 0.6 is 0 Å². The summed E-state index contributed by atoms with van der Waals surface area (Å²) in [7, 11) is 0. The van der Waals surface area contributed by atoms with E-state index in [2.05, 4.69) is 86.2 Å². The molecule has 4 fully saturated rings. The Balaban J connectivity index is 1.17. The first-order chi connectivity index (χ1) is 33.4. The summed E-state index contributed by atoms with van der Waals surface area (Å²) in [5.74, 6) is 0.277. The second kappa shape index (κ2) is 26.0. The summed E-state index contributed by atoms with van der Waals surface area (Å²) in [5, 5.41) is 11.7. The number of rotatable bonds is 22. The Morgan fingerprint density at radius 3 is 1.51 bits per heavy atom. The van der Waals surface area contributed by atoms with Crippen molar-refractivity contribution in [3.63, 3.8) is 0 Å². The number of aliphatic hydroxyl groups is 1. The Labute approximate surface area is 412 Å². The molecule has 0 amide bonds. The van der Waals surface area contributed by atoms with Crippen LogP contribution in [0.15, 0.2) is 104 Å². The molecule has 20 atom stereocenters. The SMILES string of the molecule is C=CCO[C@H]1OC(CO[C@@H]2OC(COCc3ccccc3)[C@@H](C)[C@H](C)C2O)[C@@H](O[C@@H]2OC(COCc3ccccc3)[C@@H](C)[C@H](C)C2C)[C@H](O[C@@H]2OC(CC)[C@@H](C)[C@H](C)C2OCc2ccccc2)C1C. The zero-order valence-corrected chi connectivity index (χ0v) is 42.6. The molecule has 0 aliphatic carbocycles. The van der Waals surface area contributed by atoms with Crippen molar-refractivity contribution in [2.75, 3.05) is 26.4 Å². The van der Waals surface area contributed by atoms with Crippen LogP contribution in [0.25, 0.3) is 0 Å². The molecule has 4 aliphatic rings. The van der Waals surface area contributed by atoms with Crippen LogP contribution in [0.1, 0.15) is 85.4 Å². The number of ether oxygens (including phenoxy) is 11. The highest BCUT2D eigenvalue weighted by Gasteiger charge is 2.53. The molecule has 4 aliphatic heterocycles. The molecule has 1 N–H and O–H groups in total. The van der Waals surface area contributed by atoms with Crippen molar-refractivity contribution in [1.82, 2.24) is 0 Å². The van der Waals surface area contributed by atoms with Crippen molar-refractivity contribution in [2.45, 2.75) is 163 Å². The maximum atomic E-state index is 11.7. The number of hydrogen-bond acceptors (Lipinski definition) is 12. The van der Waals surface area contributed by atoms with E-state index in [9.17, 15) is 5.11 Å². The summed E-state index contributed by atoms with van der Waals surface area (Å²) in [5.41, 5.74) is 3.25. The number of hydrogen-bond donors (Lipinski definition) is 1. The summed E-state index contributed by atoms with van der Waals surface area (Å²) >= 11 is 0. The van der Waals surface area contributed by atoms with Gasteiger partial charge in [-0.1, -0.05) is 159 Å². The lowest BCUT2D eigenvalue weighted by molar-refractivity contribution is -0.375. The Kier molecular flexibility index (Phi) is 20.3. The molecule has 69 heavy (non-hydrogen) atoms. The highest BCUT2D eigenvalue weighted by atomic mass is 16.8. The van der Waals surface area contributed by atoms with E-state index in [0.717, 1.165) is 23.1 Å². The van der Waals surface area contributed by atoms with Gasteiger partial charge in [0, 0.05) is 11.8 Å². The van der Waals surface area contributed by atoms with Gasteiger partial charge in [-0.2, -0.15) is 0 Å². The summed E-state index contributed by atoms with van der Waals surface area (Å²) in [4.78, 5) is 0. The molecule has 0 saturated carbocycles. The van der Waals surface area contributed by atoms with Gasteiger partial charge in [0.2, 0.25) is 0 Å². The first-order valence-corrected chi connectivity index (χ1v) is 25.7. The van der Waals surface area contributed by atoms with Crippen LogP contribution in [-0.2, 0) is 71.9 Å². The zero-order valence-electron chi connectivity index (χ0n) is 42.6. The third-order valence-electron chi connectivity index (χ3n) is 15.8. The van der Waals surface area contributed by atoms with Crippen LogP contribution in [0.5, 0.6) is 0 Å². The second-order valence-electron chi connectivity index (χ2n) is 20.4. The van der Waals surface area contributed by atoms with Crippen molar-refractivity contribution in [3.05, 3.63) is 120 Å². The lowest BCUT2D eigenvalue weighted by atomic mass is 9.79. The van der Waals surface area contributed by atoms with E-state index in [1.165, 1.54) is 0 Å². The Hall–Kier alpha value is -3.08. The second-order valence-corrected chi connectivity index (χ2v) is 20.4. The first kappa shape index (κ1) is 53.7. The van der Waals surface area contributed by atoms with Crippen molar-refractivity contribution >= 4 is 0 Å². The normalized spacial score (nSPS) is 38.4. The first-order valence-electron chi connectivity index (χ1n) is 25.7. The highest BCUT2D eigenvalue weighted by Crippen LogP contribution is 2.42. The molecular weight excluding hydrogens is 877 g/mol. The maximum Gasteiger partial charge on any atom is 0.184 e. The number of aliphatic hydroxyl groups excluding tert-OH is 1. The third-order valence-corrected chi connectivity index (χ3v) is 15.8. The smallest absolute Gasteiger partial charge is 0.184 e. The van der Waals surface area contributed by atoms with Crippen LogP contribution in [0.2, 0.25) is 0 Å². The van der Waals surface area contributed by atoms with Gasteiger partial charge >= 0.3 is 0 Å². The van der Waals surface area contributed by atoms with Crippen molar-refractivity contribution in [3.8, 4) is 0 Å². The fourth-order valence-corrected chi connectivity index (χ4v) is 10.4. The largest absolute Gasteiger partial charge is 0.388 e. The molecule has 0 radical (unpaired) electrons. The molecule has 0 bridgehead atoms. The lowest BCUT2D eigenvalue weighted by Crippen LogP contribution is -2.63. The molecule has 382 valence electrons. The Morgan fingerprint density at radius 1 is 0.449 bits per heavy atom. The van der Waals surface area contributed by atoms with Crippen molar-refractivity contribution in [2.24, 2.45) is 47.3 Å². The van der Waals surface area contributed by atoms with E-state index in [0.29, 0.717) is 33.0 Å². The summed E-state index contributed by atoms with van der Waals surface area (Å²) in [6.45, 7) is 25.7. The van der Waals surface area contributed by atoms with Gasteiger partial charge in [0.25, 0.3) is 0 Å². The van der Waals surface area contributed by atoms with Crippen LogP contribution in [0, 0.1) is 47.3 Å². The minimum absolute atomic E-state index is 0.00153. The molecule has 3 aromatic rings. The summed E-state index contributed by atoms with van der Waals surface area (Å²) < 4.78 is 74.4. The predicted molar refractivity (Wildman–Crippen MR) is 263 cm³/mol. The molecule has 3 aromatic carbocycles. The average molecular weight is 959 g/mol. The van der Waals surface area contributed by atoms with E-state index >= 15 is 0 Å². The van der Waals surface area contributed by atoms with Gasteiger partial charge in [0.15, 0.2) is 25.2 Å². The van der Waals surface area contributed by atoms with Gasteiger partial charge in [0.05, 0.1) is 70.7 Å². The predicted octanol–water partition coefficient (Wildman–Crippen LogP) is 9.75. The lowest BCUT2D eigenvalue weighted by Gasteiger charge is -2.51. The van der Waals surface area contributed by atoms with E-state index in [1.54, 1.807) is 6.08 Å². The molecule has 7 rings (SSSR count). The van der Waals surface area contributed by atoms with Gasteiger partial charge in [-0.25, -0.2) is 0 Å². The van der Waals surface area contributed by atoms with Gasteiger partial charge in [-0.3, -0.25) is 0 Å². The third kappa shape index (κ3) is 13.7. The Morgan fingerprint density at radius 2 is 0.942 bits per heavy atom. The molecule has 12 nitrogen and oxygen atoms in total. The minimum atomic E-state index is -0.959. The molecule has 0 spiro atoms. The van der Waals surface area contributed by atoms with Gasteiger partial charge in [0.1, 0.15) is 24.4 Å². The van der Waals surface area contributed by atoms with Crippen LogP contribution in [-0.4, -0.2) is 106 Å². The van der Waals surface area contributed by atoms with Crippen LogP contribution in [0.3, 0.4) is 0 Å². The quantitative estimate of drug-likeness (QED) is 0.0966. The minimum Gasteiger partial charge on any atom is -0.388 e. The van der Waals surface area contributed by atoms with Gasteiger partial charge in [-0.15, -0.1) is 6.58 Å². The monoisotopic (exact) mass is 959 g/mol. The van der Waals surface area contributed by atoms with Gasteiger partial charge in [-0.05, 0) is 58.6 Å². The maximum absolute atomic E-state index is 11.7. The van der Waals surface area contributed by atoms with Crippen molar-refractivity contribution in [1.29, 1.82) is 0 Å². The van der Waals surface area contributed by atoms with Crippen LogP contribution in [0.4, 0.5) is 0 Å². The zero-order chi connectivity index (χ0) is 49.0. The van der Waals surface area contributed by atoms with Gasteiger partial charge < -0.3 is 57.2 Å². The molecule has 12 heteroatoms. The fraction of sp³-hybridized carbons (Fsp3) is 0.649. The standard InChI is InChI=1S/C57H82O12/c1-11-28-61-54-42(10)51(68-57-52(40(8)38(6)46(12-2)64-57)62-31-45-26-20-15-21-27-45)53(69-55-41(9)35(3)36(4)47(65-55)32-59-29-43-22-16-13-17-23-43)49(67-54)34-63-56-50(58)39(7)37(5)48(66-56)33-60-30-44-24-18-14-19-25-44/h11,13-27,35-42,46-58H,1,12,28-34H2,2-10H3/t35-,36-,37-,38-,39-,40-,41?,42?,46?,47?,48?,49?,50?,51+,52?,53+,54-,55-,56+,57-/m0/s1. The summed E-state index contributed by atoms with van der Waals surface area (Å²) in [6.07, 6.45) is -4.62. The van der Waals surface area contributed by atoms with Crippen LogP contribution < -0.4 is 0 Å². The number of benzene rings is 3. The summed E-state index contributed by atoms with van der Waals surface area (Å²) in [6, 6.07) is 30.4. The van der Waals surface area contributed by atoms with E-state index in [-0.39, 0.29) is 78.9 Å². The average Bonchev–Trinajstić information content (AvgIpc) is 3.37.